The lowest BCUT2D eigenvalue weighted by Crippen LogP contribution is -2.27. The van der Waals surface area contributed by atoms with Crippen LogP contribution in [0.2, 0.25) is 0 Å². The standard InChI is InChI=1S/C21H17N3O2S/c1-13-5-3-4-6-18(13)22-11-15-7-8-16-10-17(12-23-19(16)9-15)24-20(25)14(2)27-21(24)26/h3-10,12,22H,2,11H2,1H3. The molecule has 6 heteroatoms. The fraction of sp³-hybridized carbons (Fsp3) is 0.0952. The van der Waals surface area contributed by atoms with E-state index in [1.807, 2.05) is 30.3 Å². The van der Waals surface area contributed by atoms with Crippen molar-refractivity contribution in [2.24, 2.45) is 0 Å². The summed E-state index contributed by atoms with van der Waals surface area (Å²) in [6, 6.07) is 15.9. The number of pyridine rings is 1. The van der Waals surface area contributed by atoms with Gasteiger partial charge in [0.1, 0.15) is 0 Å². The third kappa shape index (κ3) is 3.31. The second-order valence-electron chi connectivity index (χ2n) is 6.32. The first-order valence-corrected chi connectivity index (χ1v) is 9.28. The zero-order valence-electron chi connectivity index (χ0n) is 14.7. The molecule has 0 spiro atoms. The quantitative estimate of drug-likeness (QED) is 0.659. The number of amides is 2. The number of rotatable bonds is 4. The molecule has 3 aromatic rings. The molecule has 1 N–H and O–H groups in total. The smallest absolute Gasteiger partial charge is 0.298 e. The molecular formula is C21H17N3O2S. The molecule has 0 aliphatic carbocycles. The molecule has 5 nitrogen and oxygen atoms in total. The SMILES string of the molecule is C=C1SC(=O)N(c2cnc3cc(CNc4ccccc4C)ccc3c2)C1=O. The largest absolute Gasteiger partial charge is 0.381 e. The molecule has 0 atom stereocenters. The number of benzene rings is 2. The van der Waals surface area contributed by atoms with Crippen molar-refractivity contribution in [2.75, 3.05) is 10.2 Å². The van der Waals surface area contributed by atoms with E-state index in [4.69, 9.17) is 0 Å². The molecule has 2 aromatic carbocycles. The zero-order chi connectivity index (χ0) is 19.0. The number of fused-ring (bicyclic) bond motifs is 1. The minimum atomic E-state index is -0.384. The minimum absolute atomic E-state index is 0.234. The van der Waals surface area contributed by atoms with E-state index in [1.54, 1.807) is 12.3 Å². The summed E-state index contributed by atoms with van der Waals surface area (Å²) in [7, 11) is 0. The number of hydrogen-bond acceptors (Lipinski definition) is 5. The summed E-state index contributed by atoms with van der Waals surface area (Å²) in [6.07, 6.45) is 1.55. The third-order valence-corrected chi connectivity index (χ3v) is 5.23. The van der Waals surface area contributed by atoms with E-state index >= 15 is 0 Å². The van der Waals surface area contributed by atoms with Crippen molar-refractivity contribution in [3.63, 3.8) is 0 Å². The number of imide groups is 1. The van der Waals surface area contributed by atoms with Crippen molar-refractivity contribution in [2.45, 2.75) is 13.5 Å². The van der Waals surface area contributed by atoms with Gasteiger partial charge in [0.05, 0.1) is 22.3 Å². The molecule has 0 unspecified atom stereocenters. The van der Waals surface area contributed by atoms with E-state index in [1.165, 1.54) is 5.56 Å². The highest BCUT2D eigenvalue weighted by Gasteiger charge is 2.35. The highest BCUT2D eigenvalue weighted by molar-refractivity contribution is 8.18. The average molecular weight is 375 g/mol. The van der Waals surface area contributed by atoms with Gasteiger partial charge in [0, 0.05) is 17.6 Å². The molecule has 1 saturated heterocycles. The van der Waals surface area contributed by atoms with Gasteiger partial charge in [-0.3, -0.25) is 14.6 Å². The molecule has 0 radical (unpaired) electrons. The normalized spacial score (nSPS) is 14.3. The monoisotopic (exact) mass is 375 g/mol. The maximum atomic E-state index is 12.1. The number of aryl methyl sites for hydroxylation is 1. The lowest BCUT2D eigenvalue weighted by Gasteiger charge is -2.13. The maximum Gasteiger partial charge on any atom is 0.298 e. The summed E-state index contributed by atoms with van der Waals surface area (Å²) in [5, 5.41) is 3.96. The number of aromatic nitrogens is 1. The van der Waals surface area contributed by atoms with E-state index in [0.29, 0.717) is 12.2 Å². The molecule has 4 rings (SSSR count). The highest BCUT2D eigenvalue weighted by atomic mass is 32.2. The Hall–Kier alpha value is -3.12. The van der Waals surface area contributed by atoms with Gasteiger partial charge in [0.25, 0.3) is 11.1 Å². The van der Waals surface area contributed by atoms with E-state index < -0.39 is 0 Å². The van der Waals surface area contributed by atoms with Gasteiger partial charge in [-0.15, -0.1) is 0 Å². The summed E-state index contributed by atoms with van der Waals surface area (Å²) in [5.41, 5.74) is 4.68. The van der Waals surface area contributed by atoms with Crippen LogP contribution in [0.3, 0.4) is 0 Å². The molecule has 2 amide bonds. The van der Waals surface area contributed by atoms with Crippen molar-refractivity contribution in [3.8, 4) is 0 Å². The van der Waals surface area contributed by atoms with Gasteiger partial charge >= 0.3 is 0 Å². The van der Waals surface area contributed by atoms with Crippen LogP contribution in [0, 0.1) is 6.92 Å². The summed E-state index contributed by atoms with van der Waals surface area (Å²) in [5.74, 6) is -0.384. The number of para-hydroxylation sites is 1. The fourth-order valence-corrected chi connectivity index (χ4v) is 3.65. The summed E-state index contributed by atoms with van der Waals surface area (Å²) in [6.45, 7) is 6.36. The second kappa shape index (κ2) is 6.89. The highest BCUT2D eigenvalue weighted by Crippen LogP contribution is 2.34. The topological polar surface area (TPSA) is 62.3 Å². The van der Waals surface area contributed by atoms with E-state index in [2.05, 4.69) is 35.9 Å². The van der Waals surface area contributed by atoms with E-state index in [-0.39, 0.29) is 16.1 Å². The summed E-state index contributed by atoms with van der Waals surface area (Å²) in [4.78, 5) is 29.9. The number of thioether (sulfide) groups is 1. The predicted molar refractivity (Wildman–Crippen MR) is 110 cm³/mol. The Balaban J connectivity index is 1.57. The predicted octanol–water partition coefficient (Wildman–Crippen LogP) is 4.87. The first-order chi connectivity index (χ1) is 13.0. The average Bonchev–Trinajstić information content (AvgIpc) is 2.92. The Kier molecular flexibility index (Phi) is 4.41. The van der Waals surface area contributed by atoms with Gasteiger partial charge in [0.2, 0.25) is 0 Å². The van der Waals surface area contributed by atoms with Crippen molar-refractivity contribution in [1.82, 2.24) is 4.98 Å². The Morgan fingerprint density at radius 1 is 1.15 bits per heavy atom. The Labute approximate surface area is 161 Å². The number of anilines is 2. The maximum absolute atomic E-state index is 12.1. The Morgan fingerprint density at radius 2 is 1.96 bits per heavy atom. The number of nitrogens with zero attached hydrogens (tertiary/aromatic N) is 2. The molecular weight excluding hydrogens is 358 g/mol. The first kappa shape index (κ1) is 17.3. The van der Waals surface area contributed by atoms with Crippen LogP contribution >= 0.6 is 11.8 Å². The van der Waals surface area contributed by atoms with Crippen molar-refractivity contribution in [3.05, 3.63) is 77.3 Å². The molecule has 1 aromatic heterocycles. The Morgan fingerprint density at radius 3 is 2.70 bits per heavy atom. The fourth-order valence-electron chi connectivity index (χ4n) is 2.98. The number of nitrogens with one attached hydrogen (secondary N) is 1. The summed E-state index contributed by atoms with van der Waals surface area (Å²) < 4.78 is 0. The molecule has 2 heterocycles. The van der Waals surface area contributed by atoms with Crippen molar-refractivity contribution >= 4 is 45.2 Å². The molecule has 0 saturated carbocycles. The van der Waals surface area contributed by atoms with Gasteiger partial charge in [-0.1, -0.05) is 36.9 Å². The molecule has 27 heavy (non-hydrogen) atoms. The summed E-state index contributed by atoms with van der Waals surface area (Å²) >= 11 is 0.852. The van der Waals surface area contributed by atoms with Gasteiger partial charge in [-0.25, -0.2) is 4.90 Å². The van der Waals surface area contributed by atoms with Crippen LogP contribution < -0.4 is 10.2 Å². The zero-order valence-corrected chi connectivity index (χ0v) is 15.5. The number of carbonyl (C=O) groups excluding carboxylic acids is 2. The van der Waals surface area contributed by atoms with Crippen LogP contribution in [0.15, 0.2) is 66.2 Å². The second-order valence-corrected chi connectivity index (χ2v) is 7.37. The third-order valence-electron chi connectivity index (χ3n) is 4.46. The van der Waals surface area contributed by atoms with Gasteiger partial charge in [-0.2, -0.15) is 0 Å². The van der Waals surface area contributed by atoms with Crippen molar-refractivity contribution in [1.29, 1.82) is 0 Å². The van der Waals surface area contributed by atoms with Crippen LogP contribution in [0.5, 0.6) is 0 Å². The minimum Gasteiger partial charge on any atom is -0.381 e. The van der Waals surface area contributed by atoms with Crippen LogP contribution in [0.4, 0.5) is 16.2 Å². The molecule has 0 bridgehead atoms. The van der Waals surface area contributed by atoms with Crippen molar-refractivity contribution < 1.29 is 9.59 Å². The van der Waals surface area contributed by atoms with Crippen LogP contribution in [-0.4, -0.2) is 16.1 Å². The van der Waals surface area contributed by atoms with Gasteiger partial charge in [-0.05, 0) is 48.0 Å². The lowest BCUT2D eigenvalue weighted by atomic mass is 10.1. The molecule has 1 aliphatic rings. The lowest BCUT2D eigenvalue weighted by molar-refractivity contribution is -0.113. The van der Waals surface area contributed by atoms with Crippen LogP contribution in [0.1, 0.15) is 11.1 Å². The number of carbonyl (C=O) groups is 2. The molecule has 134 valence electrons. The van der Waals surface area contributed by atoms with Gasteiger partial charge in [0.15, 0.2) is 0 Å². The first-order valence-electron chi connectivity index (χ1n) is 8.46. The molecule has 1 fully saturated rings. The van der Waals surface area contributed by atoms with Crippen LogP contribution in [0.25, 0.3) is 10.9 Å². The Bertz CT molecular complexity index is 1090. The molecule has 1 aliphatic heterocycles. The number of hydrogen-bond donors (Lipinski definition) is 1. The van der Waals surface area contributed by atoms with Crippen LogP contribution in [-0.2, 0) is 11.3 Å². The van der Waals surface area contributed by atoms with E-state index in [0.717, 1.165) is 38.8 Å². The van der Waals surface area contributed by atoms with Gasteiger partial charge < -0.3 is 5.32 Å². The van der Waals surface area contributed by atoms with E-state index in [9.17, 15) is 9.59 Å².